The summed E-state index contributed by atoms with van der Waals surface area (Å²) in [5, 5.41) is 0.193. The van der Waals surface area contributed by atoms with Gasteiger partial charge in [-0.3, -0.25) is 4.79 Å². The molecule has 0 atom stereocenters. The molecule has 1 aromatic heterocycles. The molecule has 1 amide bonds. The third kappa shape index (κ3) is 2.17. The van der Waals surface area contributed by atoms with Crippen LogP contribution in [0.1, 0.15) is 30.1 Å². The van der Waals surface area contributed by atoms with Gasteiger partial charge in [0.1, 0.15) is 0 Å². The highest BCUT2D eigenvalue weighted by molar-refractivity contribution is 6.32. The number of hydrogen-bond acceptors (Lipinski definition) is 2. The van der Waals surface area contributed by atoms with Gasteiger partial charge in [-0.25, -0.2) is 0 Å². The van der Waals surface area contributed by atoms with Crippen LogP contribution < -0.4 is 0 Å². The van der Waals surface area contributed by atoms with E-state index in [0.717, 1.165) is 25.9 Å². The second kappa shape index (κ2) is 4.27. The Kier molecular flexibility index (Phi) is 3.00. The third-order valence-corrected chi connectivity index (χ3v) is 3.21. The molecule has 4 heteroatoms. The summed E-state index contributed by atoms with van der Waals surface area (Å²) in [5.74, 6) is 0.703. The van der Waals surface area contributed by atoms with Crippen molar-refractivity contribution >= 4 is 17.5 Å². The average Bonchev–Trinajstić information content (AvgIpc) is 2.65. The van der Waals surface area contributed by atoms with Crippen molar-refractivity contribution in [2.45, 2.75) is 19.8 Å². The summed E-state index contributed by atoms with van der Waals surface area (Å²) in [6.07, 6.45) is 3.59. The number of carbonyl (C=O) groups excluding carboxylic acids is 1. The Morgan fingerprint density at radius 2 is 2.20 bits per heavy atom. The van der Waals surface area contributed by atoms with E-state index in [9.17, 15) is 4.79 Å². The summed E-state index contributed by atoms with van der Waals surface area (Å²) in [4.78, 5) is 13.8. The van der Waals surface area contributed by atoms with Gasteiger partial charge in [0.05, 0.1) is 11.8 Å². The topological polar surface area (TPSA) is 33.5 Å². The fraction of sp³-hybridized carbons (Fsp3) is 0.545. The van der Waals surface area contributed by atoms with Crippen LogP contribution in [0.5, 0.6) is 0 Å². The molecule has 3 nitrogen and oxygen atoms in total. The van der Waals surface area contributed by atoms with Crippen LogP contribution in [0, 0.1) is 5.92 Å². The molecule has 1 aliphatic rings. The molecule has 0 bridgehead atoms. The lowest BCUT2D eigenvalue weighted by molar-refractivity contribution is 0.0697. The molecule has 1 aromatic rings. The highest BCUT2D eigenvalue weighted by Gasteiger charge is 2.23. The van der Waals surface area contributed by atoms with Crippen molar-refractivity contribution < 1.29 is 9.21 Å². The predicted molar refractivity (Wildman–Crippen MR) is 58.0 cm³/mol. The van der Waals surface area contributed by atoms with Gasteiger partial charge in [0.25, 0.3) is 5.91 Å². The number of rotatable bonds is 1. The zero-order valence-electron chi connectivity index (χ0n) is 8.70. The Morgan fingerprint density at radius 1 is 1.53 bits per heavy atom. The van der Waals surface area contributed by atoms with E-state index in [2.05, 4.69) is 6.92 Å². The van der Waals surface area contributed by atoms with Crippen molar-refractivity contribution in [1.82, 2.24) is 4.90 Å². The number of halogens is 1. The minimum absolute atomic E-state index is 0.0133. The molecular formula is C11H14ClNO2. The zero-order valence-corrected chi connectivity index (χ0v) is 9.46. The van der Waals surface area contributed by atoms with E-state index in [1.807, 2.05) is 4.90 Å². The third-order valence-electron chi connectivity index (χ3n) is 2.92. The summed E-state index contributed by atoms with van der Waals surface area (Å²) in [6, 6.07) is 1.63. The molecule has 0 unspecified atom stereocenters. The van der Waals surface area contributed by atoms with Crippen LogP contribution in [0.25, 0.3) is 0 Å². The largest absolute Gasteiger partial charge is 0.452 e. The summed E-state index contributed by atoms with van der Waals surface area (Å²) in [7, 11) is 0. The van der Waals surface area contributed by atoms with Crippen LogP contribution in [0.3, 0.4) is 0 Å². The maximum Gasteiger partial charge on any atom is 0.258 e. The first-order valence-corrected chi connectivity index (χ1v) is 5.58. The first-order valence-electron chi connectivity index (χ1n) is 5.20. The first kappa shape index (κ1) is 10.6. The molecule has 82 valence electrons. The number of amides is 1. The molecule has 2 rings (SSSR count). The number of hydrogen-bond donors (Lipinski definition) is 0. The lowest BCUT2D eigenvalue weighted by Gasteiger charge is -2.30. The van der Waals surface area contributed by atoms with Gasteiger partial charge in [0.15, 0.2) is 0 Å². The van der Waals surface area contributed by atoms with E-state index in [1.165, 1.54) is 6.26 Å². The zero-order chi connectivity index (χ0) is 10.8. The average molecular weight is 228 g/mol. The molecule has 0 N–H and O–H groups in total. The molecular weight excluding hydrogens is 214 g/mol. The van der Waals surface area contributed by atoms with Crippen molar-refractivity contribution in [3.05, 3.63) is 23.1 Å². The van der Waals surface area contributed by atoms with Crippen LogP contribution >= 0.6 is 11.6 Å². The van der Waals surface area contributed by atoms with Crippen molar-refractivity contribution in [2.24, 2.45) is 5.92 Å². The van der Waals surface area contributed by atoms with Crippen molar-refractivity contribution in [1.29, 1.82) is 0 Å². The van der Waals surface area contributed by atoms with Gasteiger partial charge >= 0.3 is 0 Å². The van der Waals surface area contributed by atoms with Crippen LogP contribution in [0.15, 0.2) is 16.7 Å². The Bertz CT molecular complexity index is 353. The van der Waals surface area contributed by atoms with Gasteiger partial charge in [-0.15, -0.1) is 0 Å². The van der Waals surface area contributed by atoms with E-state index in [-0.39, 0.29) is 11.1 Å². The SMILES string of the molecule is CC1CCN(C(=O)c2ccoc2Cl)CC1. The van der Waals surface area contributed by atoms with Gasteiger partial charge < -0.3 is 9.32 Å². The van der Waals surface area contributed by atoms with Crippen LogP contribution in [-0.2, 0) is 0 Å². The van der Waals surface area contributed by atoms with E-state index in [4.69, 9.17) is 16.0 Å². The van der Waals surface area contributed by atoms with Crippen LogP contribution in [-0.4, -0.2) is 23.9 Å². The molecule has 0 aromatic carbocycles. The lowest BCUT2D eigenvalue weighted by atomic mass is 9.99. The van der Waals surface area contributed by atoms with Crippen LogP contribution in [0.4, 0.5) is 0 Å². The minimum atomic E-state index is -0.0133. The van der Waals surface area contributed by atoms with Gasteiger partial charge in [0, 0.05) is 13.1 Å². The first-order chi connectivity index (χ1) is 7.18. The van der Waals surface area contributed by atoms with Crippen molar-refractivity contribution in [3.63, 3.8) is 0 Å². The number of nitrogens with zero attached hydrogens (tertiary/aromatic N) is 1. The molecule has 1 saturated heterocycles. The van der Waals surface area contributed by atoms with E-state index in [1.54, 1.807) is 6.07 Å². The monoisotopic (exact) mass is 227 g/mol. The van der Waals surface area contributed by atoms with Gasteiger partial charge in [-0.2, -0.15) is 0 Å². The Labute approximate surface area is 94.0 Å². The predicted octanol–water partition coefficient (Wildman–Crippen LogP) is 2.81. The smallest absolute Gasteiger partial charge is 0.258 e. The van der Waals surface area contributed by atoms with E-state index < -0.39 is 0 Å². The van der Waals surface area contributed by atoms with Gasteiger partial charge in [0.2, 0.25) is 5.22 Å². The molecule has 2 heterocycles. The number of furan rings is 1. The number of likely N-dealkylation sites (tertiary alicyclic amines) is 1. The maximum absolute atomic E-state index is 12.0. The van der Waals surface area contributed by atoms with E-state index in [0.29, 0.717) is 11.5 Å². The molecule has 0 aliphatic carbocycles. The standard InChI is InChI=1S/C11H14ClNO2/c1-8-2-5-13(6-3-8)11(14)9-4-7-15-10(9)12/h4,7-8H,2-3,5-6H2,1H3. The normalized spacial score (nSPS) is 18.1. The van der Waals surface area contributed by atoms with Crippen molar-refractivity contribution in [3.8, 4) is 0 Å². The maximum atomic E-state index is 12.0. The number of piperidine rings is 1. The molecule has 1 fully saturated rings. The summed E-state index contributed by atoms with van der Waals surface area (Å²) < 4.78 is 4.92. The number of carbonyl (C=O) groups is 1. The Morgan fingerprint density at radius 3 is 2.73 bits per heavy atom. The summed E-state index contributed by atoms with van der Waals surface area (Å²) in [6.45, 7) is 3.86. The molecule has 0 saturated carbocycles. The summed E-state index contributed by atoms with van der Waals surface area (Å²) >= 11 is 5.77. The fourth-order valence-corrected chi connectivity index (χ4v) is 2.02. The Hall–Kier alpha value is -0.960. The van der Waals surface area contributed by atoms with Gasteiger partial charge in [-0.1, -0.05) is 6.92 Å². The summed E-state index contributed by atoms with van der Waals surface area (Å²) in [5.41, 5.74) is 0.478. The molecule has 15 heavy (non-hydrogen) atoms. The molecule has 1 aliphatic heterocycles. The lowest BCUT2D eigenvalue weighted by Crippen LogP contribution is -2.37. The van der Waals surface area contributed by atoms with Gasteiger partial charge in [-0.05, 0) is 36.4 Å². The minimum Gasteiger partial charge on any atom is -0.452 e. The second-order valence-electron chi connectivity index (χ2n) is 4.08. The quantitative estimate of drug-likeness (QED) is 0.739. The van der Waals surface area contributed by atoms with Crippen molar-refractivity contribution in [2.75, 3.05) is 13.1 Å². The molecule has 0 spiro atoms. The van der Waals surface area contributed by atoms with E-state index >= 15 is 0 Å². The fourth-order valence-electron chi connectivity index (χ4n) is 1.83. The molecule has 0 radical (unpaired) electrons. The van der Waals surface area contributed by atoms with Crippen LogP contribution in [0.2, 0.25) is 5.22 Å². The second-order valence-corrected chi connectivity index (χ2v) is 4.43. The Balaban J connectivity index is 2.06. The highest BCUT2D eigenvalue weighted by atomic mass is 35.5. The highest BCUT2D eigenvalue weighted by Crippen LogP contribution is 2.22.